The maximum absolute atomic E-state index is 10.3. The highest BCUT2D eigenvalue weighted by atomic mass is 35.5. The standard InChI is InChI=1S/C20H26ClNO2/c1-15(2)22(12-17-6-4-5-16(3)11-17)13-19(23)14-24-20-9-7-18(21)8-10-20/h4-11,15,19,23H,12-14H2,1-3H3/t19-/m1/s1. The number of aliphatic hydroxyl groups excluding tert-OH is 1. The van der Waals surface area contributed by atoms with Crippen LogP contribution < -0.4 is 4.74 Å². The highest BCUT2D eigenvalue weighted by Gasteiger charge is 2.16. The Bertz CT molecular complexity index is 628. The van der Waals surface area contributed by atoms with Crippen molar-refractivity contribution in [2.24, 2.45) is 0 Å². The molecule has 4 heteroatoms. The zero-order chi connectivity index (χ0) is 17.5. The Labute approximate surface area is 149 Å². The molecule has 0 saturated heterocycles. The fourth-order valence-electron chi connectivity index (χ4n) is 2.55. The number of hydrogen-bond donors (Lipinski definition) is 1. The molecule has 0 fully saturated rings. The number of aryl methyl sites for hydroxylation is 1. The summed E-state index contributed by atoms with van der Waals surface area (Å²) in [5.74, 6) is 0.716. The van der Waals surface area contributed by atoms with Crippen molar-refractivity contribution in [1.29, 1.82) is 0 Å². The maximum atomic E-state index is 10.3. The van der Waals surface area contributed by atoms with Gasteiger partial charge in [0, 0.05) is 24.2 Å². The number of hydrogen-bond acceptors (Lipinski definition) is 3. The monoisotopic (exact) mass is 347 g/mol. The molecular formula is C20H26ClNO2. The molecular weight excluding hydrogens is 322 g/mol. The summed E-state index contributed by atoms with van der Waals surface area (Å²) in [5, 5.41) is 11.0. The van der Waals surface area contributed by atoms with E-state index in [4.69, 9.17) is 16.3 Å². The first-order chi connectivity index (χ1) is 11.4. The summed E-state index contributed by atoms with van der Waals surface area (Å²) < 4.78 is 5.64. The summed E-state index contributed by atoms with van der Waals surface area (Å²) in [6, 6.07) is 16.0. The Hall–Kier alpha value is -1.55. The Morgan fingerprint density at radius 1 is 1.12 bits per heavy atom. The number of benzene rings is 2. The van der Waals surface area contributed by atoms with Gasteiger partial charge in [0.25, 0.3) is 0 Å². The van der Waals surface area contributed by atoms with Crippen LogP contribution >= 0.6 is 11.6 Å². The van der Waals surface area contributed by atoms with Crippen molar-refractivity contribution in [3.05, 3.63) is 64.7 Å². The van der Waals surface area contributed by atoms with Crippen LogP contribution in [-0.4, -0.2) is 35.3 Å². The average Bonchev–Trinajstić information content (AvgIpc) is 2.53. The average molecular weight is 348 g/mol. The van der Waals surface area contributed by atoms with Crippen LogP contribution in [0.15, 0.2) is 48.5 Å². The van der Waals surface area contributed by atoms with E-state index in [9.17, 15) is 5.11 Å². The van der Waals surface area contributed by atoms with Gasteiger partial charge in [0.1, 0.15) is 18.5 Å². The third-order valence-electron chi connectivity index (χ3n) is 3.90. The van der Waals surface area contributed by atoms with Crippen LogP contribution in [0.5, 0.6) is 5.75 Å². The van der Waals surface area contributed by atoms with Crippen molar-refractivity contribution >= 4 is 11.6 Å². The van der Waals surface area contributed by atoms with Crippen LogP contribution in [0.2, 0.25) is 5.02 Å². The molecule has 0 heterocycles. The lowest BCUT2D eigenvalue weighted by atomic mass is 10.1. The third-order valence-corrected chi connectivity index (χ3v) is 4.15. The predicted molar refractivity (Wildman–Crippen MR) is 99.7 cm³/mol. The highest BCUT2D eigenvalue weighted by Crippen LogP contribution is 2.16. The second-order valence-corrected chi connectivity index (χ2v) is 6.87. The van der Waals surface area contributed by atoms with E-state index in [0.29, 0.717) is 23.4 Å². The van der Waals surface area contributed by atoms with Gasteiger partial charge in [0.2, 0.25) is 0 Å². The lowest BCUT2D eigenvalue weighted by Crippen LogP contribution is -2.39. The molecule has 0 aliphatic carbocycles. The predicted octanol–water partition coefficient (Wildman–Crippen LogP) is 4.30. The van der Waals surface area contributed by atoms with Crippen molar-refractivity contribution in [2.75, 3.05) is 13.2 Å². The molecule has 0 aromatic heterocycles. The molecule has 0 unspecified atom stereocenters. The number of rotatable bonds is 8. The van der Waals surface area contributed by atoms with Gasteiger partial charge in [-0.2, -0.15) is 0 Å². The summed E-state index contributed by atoms with van der Waals surface area (Å²) in [7, 11) is 0. The van der Waals surface area contributed by atoms with Crippen molar-refractivity contribution in [3.8, 4) is 5.75 Å². The van der Waals surface area contributed by atoms with Gasteiger partial charge in [-0.05, 0) is 50.6 Å². The first kappa shape index (κ1) is 18.8. The molecule has 2 rings (SSSR count). The lowest BCUT2D eigenvalue weighted by molar-refractivity contribution is 0.0543. The van der Waals surface area contributed by atoms with E-state index < -0.39 is 6.10 Å². The summed E-state index contributed by atoms with van der Waals surface area (Å²) in [6.07, 6.45) is -0.548. The van der Waals surface area contributed by atoms with E-state index >= 15 is 0 Å². The molecule has 0 aliphatic rings. The largest absolute Gasteiger partial charge is 0.491 e. The topological polar surface area (TPSA) is 32.7 Å². The van der Waals surface area contributed by atoms with Crippen molar-refractivity contribution in [2.45, 2.75) is 39.5 Å². The number of nitrogens with zero attached hydrogens (tertiary/aromatic N) is 1. The van der Waals surface area contributed by atoms with E-state index in [1.807, 2.05) is 12.1 Å². The first-order valence-corrected chi connectivity index (χ1v) is 8.68. The summed E-state index contributed by atoms with van der Waals surface area (Å²) in [4.78, 5) is 2.25. The summed E-state index contributed by atoms with van der Waals surface area (Å²) in [5.41, 5.74) is 2.51. The second-order valence-electron chi connectivity index (χ2n) is 6.43. The summed E-state index contributed by atoms with van der Waals surface area (Å²) in [6.45, 7) is 8.03. The number of ether oxygens (including phenoxy) is 1. The van der Waals surface area contributed by atoms with Crippen molar-refractivity contribution in [3.63, 3.8) is 0 Å². The quantitative estimate of drug-likeness (QED) is 0.772. The van der Waals surface area contributed by atoms with Gasteiger partial charge in [0.15, 0.2) is 0 Å². The minimum Gasteiger partial charge on any atom is -0.491 e. The molecule has 130 valence electrons. The van der Waals surface area contributed by atoms with Crippen LogP contribution in [0.4, 0.5) is 0 Å². The molecule has 1 atom stereocenters. The molecule has 0 spiro atoms. The fraction of sp³-hybridized carbons (Fsp3) is 0.400. The molecule has 2 aromatic rings. The van der Waals surface area contributed by atoms with Crippen LogP contribution in [0, 0.1) is 6.92 Å². The molecule has 0 amide bonds. The van der Waals surface area contributed by atoms with E-state index in [0.717, 1.165) is 6.54 Å². The van der Waals surface area contributed by atoms with Crippen LogP contribution in [0.1, 0.15) is 25.0 Å². The molecule has 0 saturated carbocycles. The number of aliphatic hydroxyl groups is 1. The SMILES string of the molecule is Cc1cccc(CN(C[C@@H](O)COc2ccc(Cl)cc2)C(C)C)c1. The second kappa shape index (κ2) is 9.07. The molecule has 24 heavy (non-hydrogen) atoms. The van der Waals surface area contributed by atoms with E-state index in [-0.39, 0.29) is 6.61 Å². The maximum Gasteiger partial charge on any atom is 0.119 e. The van der Waals surface area contributed by atoms with Gasteiger partial charge in [-0.1, -0.05) is 41.4 Å². The molecule has 1 N–H and O–H groups in total. The minimum atomic E-state index is -0.548. The summed E-state index contributed by atoms with van der Waals surface area (Å²) >= 11 is 5.85. The van der Waals surface area contributed by atoms with Crippen LogP contribution in [0.25, 0.3) is 0 Å². The van der Waals surface area contributed by atoms with Crippen LogP contribution in [-0.2, 0) is 6.54 Å². The van der Waals surface area contributed by atoms with Gasteiger partial charge in [-0.25, -0.2) is 0 Å². The molecule has 0 radical (unpaired) electrons. The third kappa shape index (κ3) is 6.16. The van der Waals surface area contributed by atoms with E-state index in [2.05, 4.69) is 49.9 Å². The number of halogens is 1. The molecule has 0 aliphatic heterocycles. The van der Waals surface area contributed by atoms with Gasteiger partial charge >= 0.3 is 0 Å². The zero-order valence-corrected chi connectivity index (χ0v) is 15.3. The molecule has 2 aromatic carbocycles. The van der Waals surface area contributed by atoms with Crippen LogP contribution in [0.3, 0.4) is 0 Å². The first-order valence-electron chi connectivity index (χ1n) is 8.30. The Morgan fingerprint density at radius 2 is 1.83 bits per heavy atom. The Kier molecular flexibility index (Phi) is 7.10. The molecule has 3 nitrogen and oxygen atoms in total. The van der Waals surface area contributed by atoms with Gasteiger partial charge in [-0.15, -0.1) is 0 Å². The van der Waals surface area contributed by atoms with Crippen molar-refractivity contribution < 1.29 is 9.84 Å². The fourth-order valence-corrected chi connectivity index (χ4v) is 2.68. The minimum absolute atomic E-state index is 0.263. The van der Waals surface area contributed by atoms with Gasteiger partial charge < -0.3 is 9.84 Å². The van der Waals surface area contributed by atoms with Crippen molar-refractivity contribution in [1.82, 2.24) is 4.90 Å². The van der Waals surface area contributed by atoms with Gasteiger partial charge in [0.05, 0.1) is 0 Å². The van der Waals surface area contributed by atoms with E-state index in [1.54, 1.807) is 12.1 Å². The smallest absolute Gasteiger partial charge is 0.119 e. The van der Waals surface area contributed by atoms with Gasteiger partial charge in [-0.3, -0.25) is 4.90 Å². The lowest BCUT2D eigenvalue weighted by Gasteiger charge is -2.29. The van der Waals surface area contributed by atoms with E-state index in [1.165, 1.54) is 11.1 Å². The highest BCUT2D eigenvalue weighted by molar-refractivity contribution is 6.30. The Morgan fingerprint density at radius 3 is 2.46 bits per heavy atom. The molecule has 0 bridgehead atoms. The normalized spacial score (nSPS) is 12.6. The Balaban J connectivity index is 1.88. The zero-order valence-electron chi connectivity index (χ0n) is 14.6.